The number of ether oxygens (including phenoxy) is 1. The van der Waals surface area contributed by atoms with Gasteiger partial charge in [-0.2, -0.15) is 0 Å². The number of benzene rings is 1. The number of furan rings is 1. The van der Waals surface area contributed by atoms with Crippen molar-refractivity contribution in [2.24, 2.45) is 0 Å². The predicted octanol–water partition coefficient (Wildman–Crippen LogP) is 2.69. The van der Waals surface area contributed by atoms with Crippen LogP contribution in [0.4, 0.5) is 10.1 Å². The second-order valence-electron chi connectivity index (χ2n) is 4.20. The van der Waals surface area contributed by atoms with Crippen molar-refractivity contribution in [3.05, 3.63) is 52.7 Å². The molecule has 19 heavy (non-hydrogen) atoms. The maximum atomic E-state index is 13.6. The molecule has 0 unspecified atom stereocenters. The minimum atomic E-state index is -0.507. The minimum Gasteiger partial charge on any atom is -0.455 e. The third-order valence-corrected chi connectivity index (χ3v) is 2.82. The first-order chi connectivity index (χ1) is 9.02. The van der Waals surface area contributed by atoms with Crippen molar-refractivity contribution in [1.29, 1.82) is 0 Å². The molecule has 0 spiro atoms. The first-order valence-electron chi connectivity index (χ1n) is 5.71. The molecule has 2 rings (SSSR count). The van der Waals surface area contributed by atoms with Crippen LogP contribution in [0.15, 0.2) is 28.7 Å². The zero-order valence-corrected chi connectivity index (χ0v) is 10.7. The molecule has 2 aromatic rings. The van der Waals surface area contributed by atoms with E-state index < -0.39 is 11.6 Å². The maximum Gasteiger partial charge on any atom is 0.228 e. The number of nitrogen functional groups attached to an aromatic ring is 1. The molecule has 0 saturated heterocycles. The summed E-state index contributed by atoms with van der Waals surface area (Å²) in [5.74, 6) is -0.249. The van der Waals surface area contributed by atoms with Gasteiger partial charge >= 0.3 is 0 Å². The van der Waals surface area contributed by atoms with Crippen LogP contribution in [0.3, 0.4) is 0 Å². The Morgan fingerprint density at radius 2 is 2.16 bits per heavy atom. The lowest BCUT2D eigenvalue weighted by atomic mass is 10.0. The number of carbonyl (C=O) groups excluding carboxylic acids is 1. The number of ketones is 1. The van der Waals surface area contributed by atoms with Crippen LogP contribution in [0.5, 0.6) is 0 Å². The summed E-state index contributed by atoms with van der Waals surface area (Å²) in [5, 5.41) is 0. The van der Waals surface area contributed by atoms with Crippen molar-refractivity contribution in [2.75, 3.05) is 12.8 Å². The Morgan fingerprint density at radius 1 is 1.42 bits per heavy atom. The van der Waals surface area contributed by atoms with Gasteiger partial charge in [0.25, 0.3) is 0 Å². The summed E-state index contributed by atoms with van der Waals surface area (Å²) in [6.45, 7) is 1.83. The van der Waals surface area contributed by atoms with Crippen molar-refractivity contribution in [2.45, 2.75) is 13.5 Å². The molecular formula is C14H14FNO3. The Hall–Kier alpha value is -2.14. The van der Waals surface area contributed by atoms with E-state index >= 15 is 0 Å². The molecule has 0 atom stereocenters. The molecule has 0 aliphatic carbocycles. The van der Waals surface area contributed by atoms with E-state index in [-0.39, 0.29) is 23.6 Å². The van der Waals surface area contributed by atoms with Crippen LogP contribution in [0.1, 0.15) is 27.4 Å². The normalized spacial score (nSPS) is 10.7. The monoisotopic (exact) mass is 263 g/mol. The van der Waals surface area contributed by atoms with Crippen LogP contribution in [0.2, 0.25) is 0 Å². The lowest BCUT2D eigenvalue weighted by molar-refractivity contribution is 0.0999. The van der Waals surface area contributed by atoms with Crippen LogP contribution in [-0.4, -0.2) is 12.9 Å². The van der Waals surface area contributed by atoms with Crippen LogP contribution in [-0.2, 0) is 11.3 Å². The number of methoxy groups -OCH3 is 1. The predicted molar refractivity (Wildman–Crippen MR) is 68.4 cm³/mol. The van der Waals surface area contributed by atoms with Crippen molar-refractivity contribution in [1.82, 2.24) is 0 Å². The van der Waals surface area contributed by atoms with Crippen LogP contribution >= 0.6 is 0 Å². The van der Waals surface area contributed by atoms with Gasteiger partial charge in [0, 0.05) is 23.9 Å². The number of rotatable bonds is 4. The first kappa shape index (κ1) is 13.3. The molecule has 0 saturated carbocycles. The third-order valence-electron chi connectivity index (χ3n) is 2.82. The van der Waals surface area contributed by atoms with E-state index in [9.17, 15) is 9.18 Å². The van der Waals surface area contributed by atoms with Crippen molar-refractivity contribution >= 4 is 11.5 Å². The van der Waals surface area contributed by atoms with E-state index in [1.807, 2.05) is 0 Å². The fraction of sp³-hybridized carbons (Fsp3) is 0.214. The molecule has 0 radical (unpaired) electrons. The average Bonchev–Trinajstić information content (AvgIpc) is 2.83. The van der Waals surface area contributed by atoms with Gasteiger partial charge in [-0.1, -0.05) is 0 Å². The van der Waals surface area contributed by atoms with E-state index in [1.54, 1.807) is 13.0 Å². The van der Waals surface area contributed by atoms with Gasteiger partial charge < -0.3 is 14.9 Å². The number of anilines is 1. The largest absolute Gasteiger partial charge is 0.455 e. The maximum absolute atomic E-state index is 13.6. The van der Waals surface area contributed by atoms with Gasteiger partial charge in [0.2, 0.25) is 5.78 Å². The van der Waals surface area contributed by atoms with Gasteiger partial charge in [0.15, 0.2) is 5.76 Å². The summed E-state index contributed by atoms with van der Waals surface area (Å²) in [6, 6.07) is 5.78. The zero-order chi connectivity index (χ0) is 14.0. The number of hydrogen-bond acceptors (Lipinski definition) is 4. The van der Waals surface area contributed by atoms with Gasteiger partial charge in [0.05, 0.1) is 0 Å². The van der Waals surface area contributed by atoms with Gasteiger partial charge in [-0.15, -0.1) is 0 Å². The summed E-state index contributed by atoms with van der Waals surface area (Å²) in [6.07, 6.45) is 0. The highest BCUT2D eigenvalue weighted by Gasteiger charge is 2.16. The molecule has 4 nitrogen and oxygen atoms in total. The highest BCUT2D eigenvalue weighted by Crippen LogP contribution is 2.21. The fourth-order valence-corrected chi connectivity index (χ4v) is 1.69. The van der Waals surface area contributed by atoms with Crippen LogP contribution in [0.25, 0.3) is 0 Å². The number of nitrogens with two attached hydrogens (primary N) is 1. The third kappa shape index (κ3) is 2.66. The molecule has 0 aliphatic rings. The first-order valence-corrected chi connectivity index (χ1v) is 5.71. The van der Waals surface area contributed by atoms with Crippen molar-refractivity contribution in [3.63, 3.8) is 0 Å². The Kier molecular flexibility index (Phi) is 3.66. The molecule has 0 amide bonds. The molecular weight excluding hydrogens is 249 g/mol. The average molecular weight is 263 g/mol. The molecule has 1 aromatic heterocycles. The molecule has 2 N–H and O–H groups in total. The lowest BCUT2D eigenvalue weighted by Gasteiger charge is -2.04. The van der Waals surface area contributed by atoms with Gasteiger partial charge in [-0.25, -0.2) is 4.39 Å². The Bertz CT molecular complexity index is 596. The van der Waals surface area contributed by atoms with E-state index in [2.05, 4.69) is 0 Å². The Morgan fingerprint density at radius 3 is 2.79 bits per heavy atom. The van der Waals surface area contributed by atoms with Crippen molar-refractivity contribution in [3.8, 4) is 0 Å². The minimum absolute atomic E-state index is 0.134. The SMILES string of the molecule is COCc1ccc(C(=O)c2cc(N)c(C)c(F)c2)o1. The van der Waals surface area contributed by atoms with E-state index in [0.717, 1.165) is 6.07 Å². The summed E-state index contributed by atoms with van der Waals surface area (Å²) >= 11 is 0. The fourth-order valence-electron chi connectivity index (χ4n) is 1.69. The molecule has 5 heteroatoms. The van der Waals surface area contributed by atoms with E-state index in [4.69, 9.17) is 14.9 Å². The number of carbonyl (C=O) groups is 1. The summed E-state index contributed by atoms with van der Waals surface area (Å²) in [5.41, 5.74) is 6.39. The second kappa shape index (κ2) is 5.24. The van der Waals surface area contributed by atoms with E-state index in [1.165, 1.54) is 19.2 Å². The Balaban J connectivity index is 2.33. The van der Waals surface area contributed by atoms with E-state index in [0.29, 0.717) is 11.3 Å². The molecule has 0 aliphatic heterocycles. The summed E-state index contributed by atoms with van der Waals surface area (Å²) in [4.78, 5) is 12.1. The molecule has 1 heterocycles. The quantitative estimate of drug-likeness (QED) is 0.680. The Labute approximate surface area is 110 Å². The molecule has 100 valence electrons. The second-order valence-corrected chi connectivity index (χ2v) is 4.20. The molecule has 0 bridgehead atoms. The standard InChI is InChI=1S/C14H14FNO3/c1-8-11(15)5-9(6-12(8)16)14(17)13-4-3-10(19-13)7-18-2/h3-6H,7,16H2,1-2H3. The topological polar surface area (TPSA) is 65.5 Å². The van der Waals surface area contributed by atoms with Gasteiger partial charge in [0.1, 0.15) is 18.2 Å². The summed E-state index contributed by atoms with van der Waals surface area (Å²) < 4.78 is 23.8. The number of hydrogen-bond donors (Lipinski definition) is 1. The highest BCUT2D eigenvalue weighted by atomic mass is 19.1. The number of halogens is 1. The van der Waals surface area contributed by atoms with Gasteiger partial charge in [-0.05, 0) is 31.2 Å². The van der Waals surface area contributed by atoms with Crippen molar-refractivity contribution < 1.29 is 18.3 Å². The summed E-state index contributed by atoms with van der Waals surface area (Å²) in [7, 11) is 1.53. The smallest absolute Gasteiger partial charge is 0.228 e. The van der Waals surface area contributed by atoms with Gasteiger partial charge in [-0.3, -0.25) is 4.79 Å². The van der Waals surface area contributed by atoms with Crippen LogP contribution in [0, 0.1) is 12.7 Å². The highest BCUT2D eigenvalue weighted by molar-refractivity contribution is 6.07. The van der Waals surface area contributed by atoms with Crippen LogP contribution < -0.4 is 5.73 Å². The lowest BCUT2D eigenvalue weighted by Crippen LogP contribution is -2.04. The molecule has 1 aromatic carbocycles. The zero-order valence-electron chi connectivity index (χ0n) is 10.7. The molecule has 0 fully saturated rings.